The summed E-state index contributed by atoms with van der Waals surface area (Å²) in [6, 6.07) is 0.598. The number of morpholine rings is 1. The Kier molecular flexibility index (Phi) is 4.91. The molecule has 20 heavy (non-hydrogen) atoms. The van der Waals surface area contributed by atoms with Gasteiger partial charge < -0.3 is 15.0 Å². The predicted octanol–water partition coefficient (Wildman–Crippen LogP) is 0.452. The number of piperidine rings is 1. The maximum atomic E-state index is 12.4. The molecule has 0 aromatic heterocycles. The molecule has 3 fully saturated rings. The lowest BCUT2D eigenvalue weighted by molar-refractivity contribution is -0.136. The largest absolute Gasteiger partial charge is 0.375 e. The van der Waals surface area contributed by atoms with Gasteiger partial charge in [-0.1, -0.05) is 0 Å². The number of carbonyl (C=O) groups excluding carboxylic acids is 1. The van der Waals surface area contributed by atoms with Crippen molar-refractivity contribution in [3.05, 3.63) is 0 Å². The Labute approximate surface area is 121 Å². The number of hydrogen-bond donors (Lipinski definition) is 1. The average molecular weight is 281 g/mol. The van der Waals surface area contributed by atoms with Crippen LogP contribution in [0.25, 0.3) is 0 Å². The minimum atomic E-state index is 0.0726. The van der Waals surface area contributed by atoms with Crippen molar-refractivity contribution in [1.29, 1.82) is 0 Å². The fraction of sp³-hybridized carbons (Fsp3) is 0.933. The van der Waals surface area contributed by atoms with Crippen molar-refractivity contribution in [3.63, 3.8) is 0 Å². The summed E-state index contributed by atoms with van der Waals surface area (Å²) in [7, 11) is 0. The Morgan fingerprint density at radius 3 is 2.80 bits per heavy atom. The lowest BCUT2D eigenvalue weighted by Gasteiger charge is -2.38. The summed E-state index contributed by atoms with van der Waals surface area (Å²) in [4.78, 5) is 17.1. The summed E-state index contributed by atoms with van der Waals surface area (Å²) in [5, 5.41) is 3.29. The van der Waals surface area contributed by atoms with Crippen LogP contribution in [0.3, 0.4) is 0 Å². The molecule has 3 aliphatic rings. The van der Waals surface area contributed by atoms with E-state index in [1.165, 1.54) is 32.4 Å². The van der Waals surface area contributed by atoms with Gasteiger partial charge in [-0.05, 0) is 38.8 Å². The first kappa shape index (κ1) is 14.3. The van der Waals surface area contributed by atoms with E-state index in [0.29, 0.717) is 12.5 Å². The summed E-state index contributed by atoms with van der Waals surface area (Å²) in [5.41, 5.74) is 0. The molecule has 0 radical (unpaired) electrons. The Bertz CT molecular complexity index is 325. The first-order chi connectivity index (χ1) is 9.83. The smallest absolute Gasteiger partial charge is 0.225 e. The van der Waals surface area contributed by atoms with Crippen molar-refractivity contribution in [2.75, 3.05) is 45.9 Å². The Morgan fingerprint density at radius 2 is 2.05 bits per heavy atom. The van der Waals surface area contributed by atoms with E-state index >= 15 is 0 Å². The van der Waals surface area contributed by atoms with Crippen LogP contribution in [0, 0.1) is 0 Å². The van der Waals surface area contributed by atoms with Crippen LogP contribution in [0.5, 0.6) is 0 Å². The van der Waals surface area contributed by atoms with Gasteiger partial charge in [0, 0.05) is 32.2 Å². The molecule has 0 aromatic carbocycles. The molecule has 1 N–H and O–H groups in total. The van der Waals surface area contributed by atoms with Gasteiger partial charge in [0.2, 0.25) is 5.91 Å². The van der Waals surface area contributed by atoms with Gasteiger partial charge in [0.05, 0.1) is 19.1 Å². The zero-order valence-corrected chi connectivity index (χ0v) is 12.4. The molecular formula is C15H27N3O2. The molecule has 1 amide bonds. The molecule has 114 valence electrons. The maximum absolute atomic E-state index is 12.4. The molecule has 5 nitrogen and oxygen atoms in total. The third-order valence-electron chi connectivity index (χ3n) is 4.81. The quantitative estimate of drug-likeness (QED) is 0.816. The molecule has 2 atom stereocenters. The monoisotopic (exact) mass is 281 g/mol. The molecule has 2 unspecified atom stereocenters. The first-order valence-electron chi connectivity index (χ1n) is 8.17. The molecule has 5 heteroatoms. The standard InChI is InChI=1S/C15H27N3O2/c19-15(10-14-11-16-5-9-20-14)18-8-3-4-13(12-18)17-6-1-2-7-17/h13-14,16H,1-12H2. The van der Waals surface area contributed by atoms with Gasteiger partial charge in [0.15, 0.2) is 0 Å². The second-order valence-electron chi connectivity index (χ2n) is 6.28. The molecule has 0 bridgehead atoms. The minimum Gasteiger partial charge on any atom is -0.375 e. The molecule has 3 saturated heterocycles. The van der Waals surface area contributed by atoms with Crippen LogP contribution >= 0.6 is 0 Å². The van der Waals surface area contributed by atoms with Gasteiger partial charge in [0.1, 0.15) is 0 Å². The molecular weight excluding hydrogens is 254 g/mol. The Balaban J connectivity index is 1.49. The van der Waals surface area contributed by atoms with E-state index in [2.05, 4.69) is 15.1 Å². The van der Waals surface area contributed by atoms with Crippen LogP contribution < -0.4 is 5.32 Å². The van der Waals surface area contributed by atoms with Gasteiger partial charge in [-0.2, -0.15) is 0 Å². The molecule has 0 saturated carbocycles. The molecule has 0 spiro atoms. The highest BCUT2D eigenvalue weighted by atomic mass is 16.5. The van der Waals surface area contributed by atoms with Gasteiger partial charge in [-0.25, -0.2) is 0 Å². The van der Waals surface area contributed by atoms with Gasteiger partial charge in [-0.15, -0.1) is 0 Å². The fourth-order valence-electron chi connectivity index (χ4n) is 3.66. The van der Waals surface area contributed by atoms with Crippen molar-refractivity contribution in [2.45, 2.75) is 44.2 Å². The van der Waals surface area contributed by atoms with Gasteiger partial charge in [-0.3, -0.25) is 9.69 Å². The fourth-order valence-corrected chi connectivity index (χ4v) is 3.66. The number of likely N-dealkylation sites (tertiary alicyclic amines) is 2. The minimum absolute atomic E-state index is 0.0726. The summed E-state index contributed by atoms with van der Waals surface area (Å²) < 4.78 is 5.65. The molecule has 3 heterocycles. The highest BCUT2D eigenvalue weighted by molar-refractivity contribution is 5.76. The summed E-state index contributed by atoms with van der Waals surface area (Å²) in [5.74, 6) is 0.280. The third-order valence-corrected chi connectivity index (χ3v) is 4.81. The van der Waals surface area contributed by atoms with Gasteiger partial charge >= 0.3 is 0 Å². The molecule has 0 aliphatic carbocycles. The lowest BCUT2D eigenvalue weighted by Crippen LogP contribution is -2.50. The normalized spacial score (nSPS) is 32.5. The predicted molar refractivity (Wildman–Crippen MR) is 77.6 cm³/mol. The highest BCUT2D eigenvalue weighted by Crippen LogP contribution is 2.21. The molecule has 0 aromatic rings. The van der Waals surface area contributed by atoms with Crippen molar-refractivity contribution >= 4 is 5.91 Å². The highest BCUT2D eigenvalue weighted by Gasteiger charge is 2.30. The Hall–Kier alpha value is -0.650. The SMILES string of the molecule is O=C(CC1CNCCO1)N1CCCC(N2CCCC2)C1. The average Bonchev–Trinajstić information content (AvgIpc) is 3.03. The van der Waals surface area contributed by atoms with E-state index < -0.39 is 0 Å². The number of amides is 1. The first-order valence-corrected chi connectivity index (χ1v) is 8.17. The summed E-state index contributed by atoms with van der Waals surface area (Å²) >= 11 is 0. The van der Waals surface area contributed by atoms with Gasteiger partial charge in [0.25, 0.3) is 0 Å². The zero-order valence-electron chi connectivity index (χ0n) is 12.4. The van der Waals surface area contributed by atoms with Crippen LogP contribution in [-0.4, -0.2) is 73.7 Å². The molecule has 3 rings (SSSR count). The van der Waals surface area contributed by atoms with Crippen LogP contribution in [0.1, 0.15) is 32.1 Å². The number of ether oxygens (including phenoxy) is 1. The number of hydrogen-bond acceptors (Lipinski definition) is 4. The maximum Gasteiger partial charge on any atom is 0.225 e. The van der Waals surface area contributed by atoms with Crippen molar-refractivity contribution in [2.24, 2.45) is 0 Å². The number of carbonyl (C=O) groups is 1. The van der Waals surface area contributed by atoms with E-state index in [1.807, 2.05) is 0 Å². The number of nitrogens with one attached hydrogen (secondary N) is 1. The van der Waals surface area contributed by atoms with Crippen molar-refractivity contribution in [3.8, 4) is 0 Å². The summed E-state index contributed by atoms with van der Waals surface area (Å²) in [6.45, 7) is 6.77. The van der Waals surface area contributed by atoms with E-state index in [-0.39, 0.29) is 12.0 Å². The summed E-state index contributed by atoms with van der Waals surface area (Å²) in [6.07, 6.45) is 5.67. The Morgan fingerprint density at radius 1 is 1.20 bits per heavy atom. The number of nitrogens with zero attached hydrogens (tertiary/aromatic N) is 2. The molecule has 3 aliphatic heterocycles. The van der Waals surface area contributed by atoms with Crippen molar-refractivity contribution < 1.29 is 9.53 Å². The third kappa shape index (κ3) is 3.51. The topological polar surface area (TPSA) is 44.8 Å². The second-order valence-corrected chi connectivity index (χ2v) is 6.28. The van der Waals surface area contributed by atoms with E-state index in [4.69, 9.17) is 4.74 Å². The van der Waals surface area contributed by atoms with E-state index in [9.17, 15) is 4.79 Å². The second kappa shape index (κ2) is 6.87. The van der Waals surface area contributed by atoms with Crippen LogP contribution in [-0.2, 0) is 9.53 Å². The van der Waals surface area contributed by atoms with E-state index in [1.54, 1.807) is 0 Å². The number of rotatable bonds is 3. The van der Waals surface area contributed by atoms with Crippen LogP contribution in [0.4, 0.5) is 0 Å². The zero-order chi connectivity index (χ0) is 13.8. The van der Waals surface area contributed by atoms with Crippen LogP contribution in [0.2, 0.25) is 0 Å². The van der Waals surface area contributed by atoms with Crippen LogP contribution in [0.15, 0.2) is 0 Å². The lowest BCUT2D eigenvalue weighted by atomic mass is 10.0. The van der Waals surface area contributed by atoms with Crippen molar-refractivity contribution in [1.82, 2.24) is 15.1 Å². The van der Waals surface area contributed by atoms with E-state index in [0.717, 1.165) is 39.2 Å².